The van der Waals surface area contributed by atoms with E-state index >= 15 is 0 Å². The van der Waals surface area contributed by atoms with E-state index in [2.05, 4.69) is 0 Å². The first-order valence-electron chi connectivity index (χ1n) is 4.00. The van der Waals surface area contributed by atoms with Crippen LogP contribution in [0.1, 0.15) is 0 Å². The lowest BCUT2D eigenvalue weighted by atomic mass is 10.3. The van der Waals surface area contributed by atoms with Gasteiger partial charge in [0.2, 0.25) is 11.6 Å². The molecule has 108 valence electrons. The summed E-state index contributed by atoms with van der Waals surface area (Å²) in [6.07, 6.45) is 0. The predicted molar refractivity (Wildman–Crippen MR) is 50.6 cm³/mol. The summed E-state index contributed by atoms with van der Waals surface area (Å²) in [5.41, 5.74) is -6.64. The molecular weight excluding hydrogens is 305 g/mol. The summed E-state index contributed by atoms with van der Waals surface area (Å²) < 4.78 is 82.4. The molecule has 0 amide bonds. The molecule has 0 aliphatic rings. The summed E-state index contributed by atoms with van der Waals surface area (Å²) in [4.78, 5) is 8.88. The average Bonchev–Trinajstić information content (AvgIpc) is 2.13. The zero-order chi connectivity index (χ0) is 15.4. The Morgan fingerprint density at radius 3 is 1.63 bits per heavy atom. The monoisotopic (exact) mass is 309 g/mol. The molecule has 0 aromatic heterocycles. The van der Waals surface area contributed by atoms with Crippen molar-refractivity contribution >= 4 is 15.8 Å². The number of benzene rings is 1. The third-order valence-corrected chi connectivity index (χ3v) is 2.00. The average molecular weight is 309 g/mol. The van der Waals surface area contributed by atoms with Gasteiger partial charge in [-0.2, -0.15) is 30.4 Å². The number of rotatable bonds is 1. The minimum atomic E-state index is -5.84. The summed E-state index contributed by atoms with van der Waals surface area (Å²) >= 11 is 0. The lowest BCUT2D eigenvalue weighted by molar-refractivity contribution is -0.390. The second-order valence-corrected chi connectivity index (χ2v) is 4.16. The molecule has 19 heavy (non-hydrogen) atoms. The zero-order valence-electron chi connectivity index (χ0n) is 8.56. The van der Waals surface area contributed by atoms with Crippen LogP contribution < -0.4 is 0 Å². The van der Waals surface area contributed by atoms with E-state index in [1.807, 2.05) is 0 Å². The highest BCUT2D eigenvalue weighted by molar-refractivity contribution is 7.86. The van der Waals surface area contributed by atoms with Gasteiger partial charge in [-0.05, 0) is 12.1 Å². The van der Waals surface area contributed by atoms with E-state index in [9.17, 15) is 32.1 Å². The molecule has 0 spiro atoms. The van der Waals surface area contributed by atoms with Crippen molar-refractivity contribution in [1.29, 1.82) is 0 Å². The third kappa shape index (κ3) is 5.13. The fraction of sp³-hybridized carbons (Fsp3) is 0.143. The molecule has 0 radical (unpaired) electrons. The molecule has 0 aliphatic heterocycles. The van der Waals surface area contributed by atoms with Crippen LogP contribution in [-0.4, -0.2) is 23.4 Å². The van der Waals surface area contributed by atoms with Gasteiger partial charge in [0.1, 0.15) is 0 Å². The van der Waals surface area contributed by atoms with E-state index < -0.39 is 37.9 Å². The Labute approximate surface area is 102 Å². The van der Waals surface area contributed by atoms with E-state index in [0.29, 0.717) is 0 Å². The Hall–Kier alpha value is -1.82. The molecule has 1 aromatic carbocycles. The molecule has 0 heterocycles. The number of hydrogen-bond acceptors (Lipinski definition) is 4. The van der Waals surface area contributed by atoms with Gasteiger partial charge in [0, 0.05) is 0 Å². The van der Waals surface area contributed by atoms with Gasteiger partial charge < -0.3 is 0 Å². The van der Waals surface area contributed by atoms with E-state index in [1.54, 1.807) is 0 Å². The smallest absolute Gasteiger partial charge is 0.279 e. The fourth-order valence-electron chi connectivity index (χ4n) is 0.663. The lowest BCUT2D eigenvalue weighted by Crippen LogP contribution is -2.21. The topological polar surface area (TPSA) is 97.5 Å². The third-order valence-electron chi connectivity index (χ3n) is 1.41. The van der Waals surface area contributed by atoms with Crippen molar-refractivity contribution in [1.82, 2.24) is 0 Å². The molecule has 0 saturated carbocycles. The van der Waals surface area contributed by atoms with Crippen LogP contribution in [0.2, 0.25) is 0 Å². The molecule has 1 N–H and O–H groups in total. The number of nitro benzene ring substituents is 1. The van der Waals surface area contributed by atoms with Crippen molar-refractivity contribution in [2.75, 3.05) is 0 Å². The summed E-state index contributed by atoms with van der Waals surface area (Å²) in [7, 11) is -5.84. The number of halogens is 5. The quantitative estimate of drug-likeness (QED) is 0.282. The highest BCUT2D eigenvalue weighted by atomic mass is 32.2. The lowest BCUT2D eigenvalue weighted by Gasteiger charge is -1.97. The molecule has 6 nitrogen and oxygen atoms in total. The largest absolute Gasteiger partial charge is 0.522 e. The summed E-state index contributed by atoms with van der Waals surface area (Å²) in [6, 6.07) is 2.74. The first-order chi connectivity index (χ1) is 8.38. The maximum atomic E-state index is 12.4. The number of alkyl halides is 3. The Bertz CT molecular complexity index is 549. The normalized spacial score (nSPS) is 11.5. The molecule has 0 unspecified atom stereocenters. The standard InChI is InChI=1S/C6H3F2NO2.CHF3O3S/c7-4-2-1-3-5(8)6(4)9(10)11;2-1(3,4)8(5,6)7/h1-3H;(H,5,6,7). The molecule has 0 fully saturated rings. The molecule has 0 atom stereocenters. The van der Waals surface area contributed by atoms with E-state index in [4.69, 9.17) is 13.0 Å². The first kappa shape index (κ1) is 17.2. The molecule has 12 heteroatoms. The Morgan fingerprint density at radius 2 is 1.47 bits per heavy atom. The van der Waals surface area contributed by atoms with Gasteiger partial charge in [-0.15, -0.1) is 0 Å². The van der Waals surface area contributed by atoms with Crippen LogP contribution in [0.5, 0.6) is 0 Å². The van der Waals surface area contributed by atoms with Crippen molar-refractivity contribution in [2.24, 2.45) is 0 Å². The second kappa shape index (κ2) is 5.88. The van der Waals surface area contributed by atoms with Gasteiger partial charge in [0.15, 0.2) is 0 Å². The van der Waals surface area contributed by atoms with Crippen LogP contribution in [0.3, 0.4) is 0 Å². The fourth-order valence-corrected chi connectivity index (χ4v) is 0.663. The molecule has 1 rings (SSSR count). The summed E-state index contributed by atoms with van der Waals surface area (Å²) in [5, 5.41) is 9.97. The molecule has 0 bridgehead atoms. The van der Waals surface area contributed by atoms with Crippen molar-refractivity contribution in [3.63, 3.8) is 0 Å². The van der Waals surface area contributed by atoms with Gasteiger partial charge in [-0.25, -0.2) is 0 Å². The van der Waals surface area contributed by atoms with Gasteiger partial charge in [-0.3, -0.25) is 14.7 Å². The molecule has 0 saturated heterocycles. The minimum Gasteiger partial charge on any atom is -0.279 e. The molecular formula is C7H4F5NO5S. The number of hydrogen-bond donors (Lipinski definition) is 1. The molecule has 0 aliphatic carbocycles. The highest BCUT2D eigenvalue weighted by Crippen LogP contribution is 2.20. The predicted octanol–water partition coefficient (Wildman–Crippen LogP) is 2.27. The van der Waals surface area contributed by atoms with Gasteiger partial charge in [0.25, 0.3) is 0 Å². The van der Waals surface area contributed by atoms with Crippen LogP contribution in [0, 0.1) is 21.7 Å². The maximum Gasteiger partial charge on any atom is 0.522 e. The summed E-state index contributed by atoms with van der Waals surface area (Å²) in [6.45, 7) is 0. The van der Waals surface area contributed by atoms with Crippen molar-refractivity contribution in [3.05, 3.63) is 39.9 Å². The number of nitrogens with zero attached hydrogens (tertiary/aromatic N) is 1. The number of para-hydroxylation sites is 1. The van der Waals surface area contributed by atoms with Crippen LogP contribution in [-0.2, 0) is 10.1 Å². The van der Waals surface area contributed by atoms with Gasteiger partial charge in [-0.1, -0.05) is 6.07 Å². The maximum absolute atomic E-state index is 12.4. The SMILES string of the molecule is O=S(=O)(O)C(F)(F)F.O=[N+]([O-])c1c(F)cccc1F. The van der Waals surface area contributed by atoms with E-state index in [1.165, 1.54) is 0 Å². The Balaban J connectivity index is 0.000000362. The van der Waals surface area contributed by atoms with Crippen molar-refractivity contribution in [2.45, 2.75) is 5.51 Å². The van der Waals surface area contributed by atoms with Crippen molar-refractivity contribution < 1.29 is 39.8 Å². The minimum absolute atomic E-state index is 0.835. The first-order valence-corrected chi connectivity index (χ1v) is 5.44. The van der Waals surface area contributed by atoms with Crippen LogP contribution in [0.15, 0.2) is 18.2 Å². The van der Waals surface area contributed by atoms with E-state index in [0.717, 1.165) is 18.2 Å². The van der Waals surface area contributed by atoms with Gasteiger partial charge in [0.05, 0.1) is 4.92 Å². The van der Waals surface area contributed by atoms with E-state index in [-0.39, 0.29) is 0 Å². The Morgan fingerprint density at radius 1 is 1.16 bits per heavy atom. The zero-order valence-corrected chi connectivity index (χ0v) is 9.37. The van der Waals surface area contributed by atoms with Crippen LogP contribution in [0.25, 0.3) is 0 Å². The van der Waals surface area contributed by atoms with Gasteiger partial charge >= 0.3 is 21.3 Å². The second-order valence-electron chi connectivity index (χ2n) is 2.75. The van der Waals surface area contributed by atoms with Crippen LogP contribution in [0.4, 0.5) is 27.6 Å². The van der Waals surface area contributed by atoms with Crippen molar-refractivity contribution in [3.8, 4) is 0 Å². The molecule has 1 aromatic rings. The number of nitro groups is 1. The van der Waals surface area contributed by atoms with Crippen LogP contribution >= 0.6 is 0 Å². The Kier molecular flexibility index (Phi) is 5.32. The summed E-state index contributed by atoms with van der Waals surface area (Å²) in [5.74, 6) is -2.31. The highest BCUT2D eigenvalue weighted by Gasteiger charge is 2.44.